The summed E-state index contributed by atoms with van der Waals surface area (Å²) in [5.41, 5.74) is 1.05. The molecule has 1 N–H and O–H groups in total. The smallest absolute Gasteiger partial charge is 0.371 e. The first kappa shape index (κ1) is 50.6. The van der Waals surface area contributed by atoms with Crippen LogP contribution in [0.1, 0.15) is 91.8 Å². The SMILES string of the molecule is CC.CC(C)CN(CC(C)C)c1ccc(C(c2ccc(N(CC(C)C)CC(C)C)cc2)c2c(-c3ccccc3)n(C)c3ccccc23)cc1.FC(F)(F)SNSC(F)(F)F. The largest absolute Gasteiger partial charge is 0.456 e. The van der Waals surface area contributed by atoms with E-state index in [1.54, 1.807) is 0 Å². The second-order valence-corrected chi connectivity index (χ2v) is 18.4. The van der Waals surface area contributed by atoms with Gasteiger partial charge in [0, 0.05) is 85.3 Å². The molecule has 0 amide bonds. The standard InChI is InChI=1S/C44H57N3.C2HF6NS2.C2H6/c1-31(2)27-46(28-32(3)4)38-23-19-35(20-24-38)42(36-21-25-39(26-22-36)47(29-33(5)6)30-34(7)8)43-40-17-13-14-18-41(40)45(9)44(43)37-15-11-10-12-16-37;3-1(4,5)10-9-11-2(6,7)8;1-2/h10-26,31-34,42H,27-30H2,1-9H3;9H;1-2H3. The number of nitrogens with one attached hydrogen (secondary N) is 1. The maximum Gasteiger partial charge on any atom is 0.456 e. The number of anilines is 2. The summed E-state index contributed by atoms with van der Waals surface area (Å²) in [4.78, 5) is 5.13. The molecule has 5 rings (SSSR count). The zero-order valence-corrected chi connectivity index (χ0v) is 38.6. The number of nitrogens with zero attached hydrogens (tertiary/aromatic N) is 3. The second-order valence-electron chi connectivity index (χ2n) is 16.4. The van der Waals surface area contributed by atoms with Gasteiger partial charge in [-0.3, -0.25) is 0 Å². The third-order valence-corrected chi connectivity index (χ3v) is 10.5. The van der Waals surface area contributed by atoms with Crippen LogP contribution in [0.25, 0.3) is 22.2 Å². The van der Waals surface area contributed by atoms with Gasteiger partial charge >= 0.3 is 11.0 Å². The van der Waals surface area contributed by atoms with Gasteiger partial charge < -0.3 is 14.4 Å². The van der Waals surface area contributed by atoms with Gasteiger partial charge in [-0.2, -0.15) is 30.5 Å². The molecule has 12 heteroatoms. The number of hydrogen-bond acceptors (Lipinski definition) is 5. The van der Waals surface area contributed by atoms with Gasteiger partial charge in [0.1, 0.15) is 0 Å². The highest BCUT2D eigenvalue weighted by atomic mass is 32.2. The molecule has 330 valence electrons. The molecule has 4 nitrogen and oxygen atoms in total. The van der Waals surface area contributed by atoms with Gasteiger partial charge in [0.2, 0.25) is 0 Å². The highest BCUT2D eigenvalue weighted by Crippen LogP contribution is 2.44. The minimum atomic E-state index is -4.70. The van der Waals surface area contributed by atoms with Crippen molar-refractivity contribution in [3.05, 3.63) is 120 Å². The summed E-state index contributed by atoms with van der Waals surface area (Å²) in [5.74, 6) is 2.50. The van der Waals surface area contributed by atoms with Gasteiger partial charge in [-0.05, 0) is 76.3 Å². The summed E-state index contributed by atoms with van der Waals surface area (Å²) in [6.45, 7) is 26.8. The lowest BCUT2D eigenvalue weighted by molar-refractivity contribution is -0.0348. The van der Waals surface area contributed by atoms with Gasteiger partial charge in [0.05, 0.1) is 5.69 Å². The first-order valence-corrected chi connectivity index (χ1v) is 22.4. The highest BCUT2D eigenvalue weighted by molar-refractivity contribution is 8.13. The third kappa shape index (κ3) is 15.6. The molecule has 4 aromatic carbocycles. The number of aromatic nitrogens is 1. The fourth-order valence-corrected chi connectivity index (χ4v) is 8.31. The van der Waals surface area contributed by atoms with Gasteiger partial charge in [-0.1, -0.05) is 142 Å². The van der Waals surface area contributed by atoms with Gasteiger partial charge in [0.25, 0.3) is 0 Å². The van der Waals surface area contributed by atoms with Crippen LogP contribution in [-0.4, -0.2) is 41.8 Å². The van der Waals surface area contributed by atoms with E-state index >= 15 is 0 Å². The quantitative estimate of drug-likeness (QED) is 0.0786. The molecular weight excluding hydrogens is 811 g/mol. The second kappa shape index (κ2) is 23.5. The van der Waals surface area contributed by atoms with Crippen molar-refractivity contribution in [3.8, 4) is 11.3 Å². The van der Waals surface area contributed by atoms with E-state index < -0.39 is 34.9 Å². The number of alkyl halides is 6. The molecule has 0 aliphatic carbocycles. The molecule has 0 aliphatic heterocycles. The van der Waals surface area contributed by atoms with Gasteiger partial charge in [-0.15, -0.1) is 0 Å². The van der Waals surface area contributed by atoms with Crippen molar-refractivity contribution in [1.29, 1.82) is 0 Å². The Labute approximate surface area is 363 Å². The molecule has 0 radical (unpaired) electrons. The van der Waals surface area contributed by atoms with Crippen LogP contribution < -0.4 is 13.9 Å². The molecule has 0 aliphatic rings. The Hall–Kier alpha value is -3.74. The summed E-state index contributed by atoms with van der Waals surface area (Å²) in [7, 11) is 2.23. The van der Waals surface area contributed by atoms with Gasteiger partial charge in [-0.25, -0.2) is 0 Å². The molecule has 1 aromatic heterocycles. The van der Waals surface area contributed by atoms with E-state index in [1.165, 1.54) is 50.2 Å². The summed E-state index contributed by atoms with van der Waals surface area (Å²) in [5, 5.41) is 1.31. The number of para-hydroxylation sites is 1. The van der Waals surface area contributed by atoms with E-state index in [-0.39, 0.29) is 5.92 Å². The predicted octanol–water partition coefficient (Wildman–Crippen LogP) is 15.2. The highest BCUT2D eigenvalue weighted by Gasteiger charge is 2.34. The summed E-state index contributed by atoms with van der Waals surface area (Å²) in [6, 6.07) is 38.9. The van der Waals surface area contributed by atoms with Crippen LogP contribution in [0.4, 0.5) is 37.7 Å². The fraction of sp³-hybridized carbons (Fsp3) is 0.458. The van der Waals surface area contributed by atoms with Crippen LogP contribution >= 0.6 is 23.9 Å². The average molecular weight is 875 g/mol. The van der Waals surface area contributed by atoms with Gasteiger partial charge in [0.15, 0.2) is 0 Å². The molecule has 0 fully saturated rings. The zero-order valence-electron chi connectivity index (χ0n) is 37.0. The Bertz CT molecular complexity index is 1870. The van der Waals surface area contributed by atoms with E-state index in [0.717, 1.165) is 30.3 Å². The van der Waals surface area contributed by atoms with Crippen molar-refractivity contribution in [3.63, 3.8) is 0 Å². The average Bonchev–Trinajstić information content (AvgIpc) is 3.46. The monoisotopic (exact) mass is 874 g/mol. The fourth-order valence-electron chi connectivity index (χ4n) is 7.39. The Morgan fingerprint density at radius 1 is 0.533 bits per heavy atom. The number of fused-ring (bicyclic) bond motifs is 1. The minimum absolute atomic E-state index is 0.0756. The first-order chi connectivity index (χ1) is 28.2. The molecule has 0 atom stereocenters. The van der Waals surface area contributed by atoms with E-state index in [0.29, 0.717) is 23.7 Å². The predicted molar refractivity (Wildman–Crippen MR) is 248 cm³/mol. The van der Waals surface area contributed by atoms with E-state index in [4.69, 9.17) is 0 Å². The maximum atomic E-state index is 11.2. The summed E-state index contributed by atoms with van der Waals surface area (Å²) in [6.07, 6.45) is 0. The van der Waals surface area contributed by atoms with Crippen molar-refractivity contribution >= 4 is 46.2 Å². The van der Waals surface area contributed by atoms with Crippen LogP contribution in [0.5, 0.6) is 0 Å². The molecule has 5 aromatic rings. The molecule has 0 saturated heterocycles. The summed E-state index contributed by atoms with van der Waals surface area (Å²) >= 11 is -1.89. The number of halogens is 6. The van der Waals surface area contributed by atoms with Crippen LogP contribution in [0.15, 0.2) is 103 Å². The van der Waals surface area contributed by atoms with Crippen LogP contribution in [-0.2, 0) is 7.05 Å². The number of benzene rings is 4. The number of rotatable bonds is 16. The Kier molecular flexibility index (Phi) is 19.8. The lowest BCUT2D eigenvalue weighted by atomic mass is 9.82. The third-order valence-electron chi connectivity index (χ3n) is 9.32. The molecule has 0 bridgehead atoms. The van der Waals surface area contributed by atoms with Crippen molar-refractivity contribution < 1.29 is 26.3 Å². The van der Waals surface area contributed by atoms with Crippen molar-refractivity contribution in [2.45, 2.75) is 86.2 Å². The van der Waals surface area contributed by atoms with Crippen LogP contribution in [0.2, 0.25) is 0 Å². The molecule has 0 spiro atoms. The minimum Gasteiger partial charge on any atom is -0.371 e. The molecule has 0 unspecified atom stereocenters. The zero-order chi connectivity index (χ0) is 44.8. The molecule has 0 saturated carbocycles. The molecule has 60 heavy (non-hydrogen) atoms. The normalized spacial score (nSPS) is 12.0. The lowest BCUT2D eigenvalue weighted by Gasteiger charge is -2.30. The first-order valence-electron chi connectivity index (χ1n) is 20.8. The Morgan fingerprint density at radius 3 is 1.27 bits per heavy atom. The summed E-state index contributed by atoms with van der Waals surface area (Å²) < 4.78 is 70.4. The van der Waals surface area contributed by atoms with E-state index in [1.807, 2.05) is 13.8 Å². The van der Waals surface area contributed by atoms with Crippen LogP contribution in [0, 0.1) is 23.7 Å². The number of hydrogen-bond donors (Lipinski definition) is 1. The lowest BCUT2D eigenvalue weighted by Crippen LogP contribution is -2.31. The van der Waals surface area contributed by atoms with Crippen molar-refractivity contribution in [2.24, 2.45) is 30.7 Å². The van der Waals surface area contributed by atoms with Crippen molar-refractivity contribution in [1.82, 2.24) is 8.69 Å². The van der Waals surface area contributed by atoms with E-state index in [2.05, 4.69) is 180 Å². The molecule has 1 heterocycles. The van der Waals surface area contributed by atoms with Crippen molar-refractivity contribution in [2.75, 3.05) is 36.0 Å². The maximum absolute atomic E-state index is 11.2. The van der Waals surface area contributed by atoms with Crippen LogP contribution in [0.3, 0.4) is 0 Å². The molecular formula is C48H64F6N4S2. The Balaban J connectivity index is 0.000000642. The Morgan fingerprint density at radius 2 is 0.900 bits per heavy atom. The van der Waals surface area contributed by atoms with E-state index in [9.17, 15) is 26.3 Å². The topological polar surface area (TPSA) is 23.4 Å². The number of aryl methyl sites for hydroxylation is 1.